The molecule has 0 radical (unpaired) electrons. The molecule has 9 heteroatoms. The van der Waals surface area contributed by atoms with E-state index in [1.807, 2.05) is 0 Å². The SMILES string of the molecule is CCC(Oc1ccc([N+](=O)[O-])cc1)(C(=O)O)C(=O)O.[MgH2]. The largest absolute Gasteiger partial charge is 0.478 e. The van der Waals surface area contributed by atoms with Gasteiger partial charge in [-0.2, -0.15) is 0 Å². The molecule has 20 heavy (non-hydrogen) atoms. The van der Waals surface area contributed by atoms with E-state index in [2.05, 4.69) is 0 Å². The van der Waals surface area contributed by atoms with Gasteiger partial charge in [-0.15, -0.1) is 0 Å². The summed E-state index contributed by atoms with van der Waals surface area (Å²) in [5.41, 5.74) is -2.61. The van der Waals surface area contributed by atoms with Crippen molar-refractivity contribution in [3.63, 3.8) is 0 Å². The highest BCUT2D eigenvalue weighted by atomic mass is 24.3. The average molecular weight is 296 g/mol. The van der Waals surface area contributed by atoms with E-state index in [9.17, 15) is 19.7 Å². The predicted octanol–water partition coefficient (Wildman–Crippen LogP) is 0.375. The van der Waals surface area contributed by atoms with E-state index >= 15 is 0 Å². The van der Waals surface area contributed by atoms with Gasteiger partial charge in [-0.05, 0) is 12.1 Å². The van der Waals surface area contributed by atoms with Crippen LogP contribution in [0.5, 0.6) is 5.75 Å². The second-order valence-corrected chi connectivity index (χ2v) is 3.64. The summed E-state index contributed by atoms with van der Waals surface area (Å²) in [6.45, 7) is 1.35. The maximum absolute atomic E-state index is 11.1. The van der Waals surface area contributed by atoms with Gasteiger partial charge in [0.2, 0.25) is 0 Å². The van der Waals surface area contributed by atoms with Crippen molar-refractivity contribution in [1.82, 2.24) is 0 Å². The Labute approximate surface area is 129 Å². The van der Waals surface area contributed by atoms with Crippen LogP contribution < -0.4 is 4.74 Å². The maximum atomic E-state index is 11.1. The van der Waals surface area contributed by atoms with E-state index in [0.29, 0.717) is 0 Å². The van der Waals surface area contributed by atoms with Crippen LogP contribution in [-0.2, 0) is 9.59 Å². The summed E-state index contributed by atoms with van der Waals surface area (Å²) in [6.07, 6.45) is -0.297. The summed E-state index contributed by atoms with van der Waals surface area (Å²) in [7, 11) is 0. The molecule has 1 rings (SSSR count). The van der Waals surface area contributed by atoms with Crippen molar-refractivity contribution in [1.29, 1.82) is 0 Å². The van der Waals surface area contributed by atoms with Crippen LogP contribution in [-0.4, -0.2) is 55.7 Å². The van der Waals surface area contributed by atoms with Crippen molar-refractivity contribution in [3.8, 4) is 5.75 Å². The lowest BCUT2D eigenvalue weighted by molar-refractivity contribution is -0.384. The topological polar surface area (TPSA) is 127 Å². The van der Waals surface area contributed by atoms with E-state index in [-0.39, 0.29) is 40.9 Å². The summed E-state index contributed by atoms with van der Waals surface area (Å²) in [5.74, 6) is -3.35. The van der Waals surface area contributed by atoms with Crippen LogP contribution in [0, 0.1) is 10.1 Å². The van der Waals surface area contributed by atoms with Gasteiger partial charge in [0.05, 0.1) is 4.92 Å². The fraction of sp³-hybridized carbons (Fsp3) is 0.273. The van der Waals surface area contributed by atoms with Crippen molar-refractivity contribution >= 4 is 40.7 Å². The number of carbonyl (C=O) groups is 2. The third kappa shape index (κ3) is 3.57. The van der Waals surface area contributed by atoms with Gasteiger partial charge >= 0.3 is 35.0 Å². The Balaban J connectivity index is 0.00000361. The molecule has 106 valence electrons. The normalized spacial score (nSPS) is 10.2. The number of benzene rings is 1. The third-order valence-corrected chi connectivity index (χ3v) is 2.53. The van der Waals surface area contributed by atoms with Crippen LogP contribution in [0.3, 0.4) is 0 Å². The Morgan fingerprint density at radius 1 is 1.25 bits per heavy atom. The molecule has 0 saturated heterocycles. The quantitative estimate of drug-likeness (QED) is 0.336. The molecule has 0 saturated carbocycles. The lowest BCUT2D eigenvalue weighted by atomic mass is 10.0. The minimum absolute atomic E-state index is 0. The number of nitrogens with zero attached hydrogens (tertiary/aromatic N) is 1. The standard InChI is InChI=1S/C11H11NO7.Mg.2H/c1-2-11(9(13)14,10(15)16)19-8-5-3-7(4-6-8)12(17)18;;;/h3-6H,2H2,1H3,(H,13,14)(H,15,16);;;. The molecule has 0 amide bonds. The highest BCUT2D eigenvalue weighted by molar-refractivity contribution is 6.02. The van der Waals surface area contributed by atoms with Gasteiger partial charge in [0.25, 0.3) is 11.3 Å². The zero-order chi connectivity index (χ0) is 14.6. The second-order valence-electron chi connectivity index (χ2n) is 3.64. The molecule has 0 heterocycles. The van der Waals surface area contributed by atoms with Crippen molar-refractivity contribution in [2.45, 2.75) is 18.9 Å². The van der Waals surface area contributed by atoms with Crippen LogP contribution in [0.2, 0.25) is 0 Å². The molecule has 0 aliphatic heterocycles. The number of hydrogen-bond donors (Lipinski definition) is 2. The number of non-ortho nitro benzene ring substituents is 1. The number of carboxylic acid groups (broad SMARTS) is 2. The molecule has 8 nitrogen and oxygen atoms in total. The fourth-order valence-corrected chi connectivity index (χ4v) is 1.39. The van der Waals surface area contributed by atoms with Crippen LogP contribution in [0.25, 0.3) is 0 Å². The smallest absolute Gasteiger partial charge is 0.360 e. The molecule has 0 aromatic heterocycles. The van der Waals surface area contributed by atoms with E-state index in [4.69, 9.17) is 14.9 Å². The molecule has 0 bridgehead atoms. The molecule has 0 atom stereocenters. The Kier molecular flexibility index (Phi) is 6.39. The maximum Gasteiger partial charge on any atom is 0.360 e. The van der Waals surface area contributed by atoms with E-state index in [1.54, 1.807) is 0 Å². The zero-order valence-corrected chi connectivity index (χ0v) is 9.90. The third-order valence-electron chi connectivity index (χ3n) is 2.53. The van der Waals surface area contributed by atoms with Crippen LogP contribution in [0.1, 0.15) is 13.3 Å². The number of nitro groups is 1. The minimum Gasteiger partial charge on any atom is -0.478 e. The molecule has 2 N–H and O–H groups in total. The highest BCUT2D eigenvalue weighted by Gasteiger charge is 2.48. The van der Waals surface area contributed by atoms with E-state index in [1.165, 1.54) is 6.92 Å². The van der Waals surface area contributed by atoms with Gasteiger partial charge in [0.15, 0.2) is 0 Å². The molecule has 0 spiro atoms. The van der Waals surface area contributed by atoms with Gasteiger partial charge < -0.3 is 14.9 Å². The van der Waals surface area contributed by atoms with E-state index < -0.39 is 22.5 Å². The summed E-state index contributed by atoms with van der Waals surface area (Å²) in [5, 5.41) is 28.4. The summed E-state index contributed by atoms with van der Waals surface area (Å²) in [4.78, 5) is 31.9. The number of carboxylic acids is 2. The minimum atomic E-state index is -2.41. The molecule has 0 fully saturated rings. The van der Waals surface area contributed by atoms with Crippen LogP contribution in [0.4, 0.5) is 5.69 Å². The first-order valence-electron chi connectivity index (χ1n) is 5.23. The van der Waals surface area contributed by atoms with Gasteiger partial charge in [-0.25, -0.2) is 9.59 Å². The molecule has 0 unspecified atom stereocenters. The average Bonchev–Trinajstić information content (AvgIpc) is 2.35. The predicted molar refractivity (Wildman–Crippen MR) is 70.6 cm³/mol. The van der Waals surface area contributed by atoms with E-state index in [0.717, 1.165) is 24.3 Å². The summed E-state index contributed by atoms with van der Waals surface area (Å²) < 4.78 is 4.99. The molecular formula is C11H13MgNO7. The monoisotopic (exact) mass is 295 g/mol. The van der Waals surface area contributed by atoms with Gasteiger partial charge in [-0.3, -0.25) is 10.1 Å². The first kappa shape index (κ1) is 18.1. The summed E-state index contributed by atoms with van der Waals surface area (Å²) >= 11 is 0. The number of ether oxygens (including phenoxy) is 1. The fourth-order valence-electron chi connectivity index (χ4n) is 1.39. The lowest BCUT2D eigenvalue weighted by Crippen LogP contribution is -2.51. The molecule has 0 aliphatic rings. The van der Waals surface area contributed by atoms with Crippen molar-refractivity contribution in [2.75, 3.05) is 0 Å². The highest BCUT2D eigenvalue weighted by Crippen LogP contribution is 2.24. The zero-order valence-electron chi connectivity index (χ0n) is 9.90. The number of hydrogen-bond acceptors (Lipinski definition) is 5. The number of nitro benzene ring substituents is 1. The van der Waals surface area contributed by atoms with Crippen molar-refractivity contribution < 1.29 is 29.5 Å². The Morgan fingerprint density at radius 2 is 1.70 bits per heavy atom. The Bertz CT molecular complexity index is 500. The Hall–Kier alpha value is -1.87. The van der Waals surface area contributed by atoms with Crippen LogP contribution >= 0.6 is 0 Å². The van der Waals surface area contributed by atoms with Crippen molar-refractivity contribution in [3.05, 3.63) is 34.4 Å². The van der Waals surface area contributed by atoms with Gasteiger partial charge in [0, 0.05) is 18.6 Å². The molecule has 0 aliphatic carbocycles. The first-order chi connectivity index (χ1) is 8.83. The molecule has 1 aromatic carbocycles. The van der Waals surface area contributed by atoms with Crippen LogP contribution in [0.15, 0.2) is 24.3 Å². The summed E-state index contributed by atoms with van der Waals surface area (Å²) in [6, 6.07) is 4.49. The lowest BCUT2D eigenvalue weighted by Gasteiger charge is -2.24. The van der Waals surface area contributed by atoms with Crippen molar-refractivity contribution in [2.24, 2.45) is 0 Å². The molecular weight excluding hydrogens is 282 g/mol. The van der Waals surface area contributed by atoms with Gasteiger partial charge in [-0.1, -0.05) is 6.92 Å². The number of aliphatic carboxylic acids is 2. The Morgan fingerprint density at radius 3 is 2.00 bits per heavy atom. The second kappa shape index (κ2) is 7.05. The van der Waals surface area contributed by atoms with Gasteiger partial charge in [0.1, 0.15) is 5.75 Å². The number of rotatable bonds is 6. The molecule has 1 aromatic rings. The first-order valence-corrected chi connectivity index (χ1v) is 5.23.